The van der Waals surface area contributed by atoms with Gasteiger partial charge in [0.25, 0.3) is 0 Å². The van der Waals surface area contributed by atoms with Crippen molar-refractivity contribution in [2.75, 3.05) is 25.0 Å². The van der Waals surface area contributed by atoms with Gasteiger partial charge in [0.05, 0.1) is 23.5 Å². The molecule has 0 aromatic heterocycles. The normalized spacial score (nSPS) is 9.55. The summed E-state index contributed by atoms with van der Waals surface area (Å²) in [5.41, 5.74) is 0.997. The Morgan fingerprint density at radius 2 is 1.32 bits per heavy atom. The minimum Gasteiger partial charge on any atom is -0.491 e. The van der Waals surface area contributed by atoms with Crippen LogP contribution in [0.1, 0.15) is 12.8 Å². The van der Waals surface area contributed by atoms with Crippen molar-refractivity contribution >= 4 is 69.3 Å². The molecule has 0 aliphatic rings. The lowest BCUT2D eigenvalue weighted by molar-refractivity contribution is 0.304. The van der Waals surface area contributed by atoms with Crippen molar-refractivity contribution in [1.29, 1.82) is 0 Å². The molecule has 0 atom stereocenters. The van der Waals surface area contributed by atoms with Crippen LogP contribution in [0.5, 0.6) is 11.5 Å². The Morgan fingerprint density at radius 1 is 0.864 bits per heavy atom. The van der Waals surface area contributed by atoms with Gasteiger partial charge in [-0.2, -0.15) is 9.98 Å². The Labute approximate surface area is 150 Å². The summed E-state index contributed by atoms with van der Waals surface area (Å²) in [7, 11) is 0. The van der Waals surface area contributed by atoms with Crippen LogP contribution in [0.15, 0.2) is 22.1 Å². The van der Waals surface area contributed by atoms with E-state index in [9.17, 15) is 0 Å². The molecule has 0 fully saturated rings. The number of thiocarbonyl (C=S) groups is 2. The van der Waals surface area contributed by atoms with E-state index >= 15 is 0 Å². The summed E-state index contributed by atoms with van der Waals surface area (Å²) >= 11 is 20.6. The zero-order valence-corrected chi connectivity index (χ0v) is 14.8. The van der Waals surface area contributed by atoms with Crippen molar-refractivity contribution in [2.24, 2.45) is 9.98 Å². The van der Waals surface area contributed by atoms with Crippen molar-refractivity contribution in [3.8, 4) is 11.5 Å². The molecule has 0 radical (unpaired) electrons. The molecule has 1 aromatic carbocycles. The fraction of sp³-hybridized carbons (Fsp3) is 0.429. The molecule has 1 rings (SSSR count). The summed E-state index contributed by atoms with van der Waals surface area (Å²) < 4.78 is 11.3. The number of isothiocyanates is 2. The third-order valence-electron chi connectivity index (χ3n) is 2.44. The molecule has 0 saturated carbocycles. The smallest absolute Gasteiger partial charge is 0.149 e. The highest BCUT2D eigenvalue weighted by Gasteiger charge is 2.12. The van der Waals surface area contributed by atoms with Gasteiger partial charge >= 0.3 is 0 Å². The number of benzene rings is 1. The van der Waals surface area contributed by atoms with Crippen LogP contribution in [-0.2, 0) is 0 Å². The van der Waals surface area contributed by atoms with E-state index in [1.807, 2.05) is 0 Å². The number of rotatable bonds is 10. The second-order valence-corrected chi connectivity index (χ2v) is 5.10. The van der Waals surface area contributed by atoms with Gasteiger partial charge in [0.15, 0.2) is 0 Å². The molecular weight excluding hydrogens is 363 g/mol. The fourth-order valence-electron chi connectivity index (χ4n) is 1.52. The molecule has 1 aromatic rings. The number of aliphatic imine (C=N–C) groups is 2. The molecule has 8 heteroatoms. The van der Waals surface area contributed by atoms with Gasteiger partial charge in [-0.3, -0.25) is 0 Å². The topological polar surface area (TPSA) is 43.2 Å². The Morgan fingerprint density at radius 3 is 1.68 bits per heavy atom. The molecule has 0 unspecified atom stereocenters. The minimum atomic E-state index is 0.459. The molecule has 0 spiro atoms. The minimum absolute atomic E-state index is 0.459. The summed E-state index contributed by atoms with van der Waals surface area (Å²) in [5, 5.41) is 4.62. The molecule has 0 saturated heterocycles. The van der Waals surface area contributed by atoms with Crippen molar-refractivity contribution in [1.82, 2.24) is 0 Å². The largest absolute Gasteiger partial charge is 0.491 e. The first-order valence-corrected chi connectivity index (χ1v) is 8.36. The first-order valence-electron chi connectivity index (χ1n) is 6.48. The van der Waals surface area contributed by atoms with Crippen molar-refractivity contribution in [3.05, 3.63) is 12.1 Å². The third kappa shape index (κ3) is 6.41. The standard InChI is InChI=1S/C14H14Cl2N2O2S2/c15-3-1-5-19-13-8-14(20-6-2-4-16)12(18-10-22)7-11(13)17-9-21/h7-8H,1-6H2. The molecule has 118 valence electrons. The molecule has 0 heterocycles. The Hall–Kier alpha value is -1.00. The van der Waals surface area contributed by atoms with E-state index in [-0.39, 0.29) is 0 Å². The van der Waals surface area contributed by atoms with Crippen LogP contribution in [-0.4, -0.2) is 35.3 Å². The zero-order valence-electron chi connectivity index (χ0n) is 11.7. The van der Waals surface area contributed by atoms with E-state index < -0.39 is 0 Å². The van der Waals surface area contributed by atoms with E-state index in [1.54, 1.807) is 12.1 Å². The Kier molecular flexibility index (Phi) is 10.0. The fourth-order valence-corrected chi connectivity index (χ4v) is 1.93. The van der Waals surface area contributed by atoms with Crippen LogP contribution in [0.3, 0.4) is 0 Å². The number of hydrogen-bond acceptors (Lipinski definition) is 6. The molecule has 0 bridgehead atoms. The maximum Gasteiger partial charge on any atom is 0.149 e. The monoisotopic (exact) mass is 376 g/mol. The molecule has 0 aliphatic heterocycles. The van der Waals surface area contributed by atoms with Crippen LogP contribution in [0.4, 0.5) is 11.4 Å². The number of alkyl halides is 2. The SMILES string of the molecule is S=C=Nc1cc(N=C=S)c(OCCCCl)cc1OCCCCl. The van der Waals surface area contributed by atoms with Gasteiger partial charge in [-0.05, 0) is 43.3 Å². The van der Waals surface area contributed by atoms with Gasteiger partial charge in [0, 0.05) is 17.8 Å². The van der Waals surface area contributed by atoms with Gasteiger partial charge in [0.1, 0.15) is 22.9 Å². The second kappa shape index (κ2) is 11.6. The van der Waals surface area contributed by atoms with Gasteiger partial charge in [0.2, 0.25) is 0 Å². The van der Waals surface area contributed by atoms with Gasteiger partial charge in [-0.25, -0.2) is 0 Å². The molecular formula is C14H14Cl2N2O2S2. The first-order chi connectivity index (χ1) is 10.8. The number of hydrogen-bond donors (Lipinski definition) is 0. The van der Waals surface area contributed by atoms with Crippen LogP contribution in [0, 0.1) is 0 Å². The summed E-state index contributed by atoms with van der Waals surface area (Å²) in [6, 6.07) is 3.35. The van der Waals surface area contributed by atoms with Gasteiger partial charge in [-0.1, -0.05) is 0 Å². The molecule has 0 aliphatic carbocycles. The lowest BCUT2D eigenvalue weighted by Gasteiger charge is -2.13. The summed E-state index contributed by atoms with van der Waals surface area (Å²) in [4.78, 5) is 7.95. The molecule has 4 nitrogen and oxygen atoms in total. The third-order valence-corrected chi connectivity index (χ3v) is 3.16. The predicted molar refractivity (Wildman–Crippen MR) is 97.5 cm³/mol. The number of halogens is 2. The maximum absolute atomic E-state index is 5.65. The van der Waals surface area contributed by atoms with Crippen LogP contribution in [0.2, 0.25) is 0 Å². The highest BCUT2D eigenvalue weighted by Crippen LogP contribution is 2.39. The summed E-state index contributed by atoms with van der Waals surface area (Å²) in [6.45, 7) is 0.917. The average molecular weight is 377 g/mol. The lowest BCUT2D eigenvalue weighted by Crippen LogP contribution is -2.01. The Bertz CT molecular complexity index is 539. The van der Waals surface area contributed by atoms with E-state index in [1.165, 1.54) is 0 Å². The average Bonchev–Trinajstić information content (AvgIpc) is 2.51. The quantitative estimate of drug-likeness (QED) is 0.244. The van der Waals surface area contributed by atoms with E-state index in [0.29, 0.717) is 60.7 Å². The number of nitrogens with zero attached hydrogens (tertiary/aromatic N) is 2. The highest BCUT2D eigenvalue weighted by molar-refractivity contribution is 7.78. The van der Waals surface area contributed by atoms with Crippen LogP contribution in [0.25, 0.3) is 0 Å². The predicted octanol–water partition coefficient (Wildman–Crippen LogP) is 5.17. The van der Waals surface area contributed by atoms with Crippen LogP contribution >= 0.6 is 47.6 Å². The lowest BCUT2D eigenvalue weighted by atomic mass is 10.2. The van der Waals surface area contributed by atoms with E-state index in [4.69, 9.17) is 32.7 Å². The van der Waals surface area contributed by atoms with Crippen LogP contribution < -0.4 is 9.47 Å². The van der Waals surface area contributed by atoms with Crippen molar-refractivity contribution in [3.63, 3.8) is 0 Å². The van der Waals surface area contributed by atoms with Gasteiger partial charge < -0.3 is 9.47 Å². The van der Waals surface area contributed by atoms with Crippen molar-refractivity contribution < 1.29 is 9.47 Å². The molecule has 0 amide bonds. The second-order valence-electron chi connectivity index (χ2n) is 3.98. The summed E-state index contributed by atoms with van der Waals surface area (Å²) in [6.07, 6.45) is 1.43. The highest BCUT2D eigenvalue weighted by atomic mass is 35.5. The van der Waals surface area contributed by atoms with E-state index in [0.717, 1.165) is 0 Å². The Balaban J connectivity index is 3.12. The first kappa shape index (κ1) is 19.0. The molecule has 0 N–H and O–H groups in total. The van der Waals surface area contributed by atoms with Gasteiger partial charge in [-0.15, -0.1) is 23.2 Å². The van der Waals surface area contributed by atoms with E-state index in [2.05, 4.69) is 44.7 Å². The number of ether oxygens (including phenoxy) is 2. The summed E-state index contributed by atoms with van der Waals surface area (Å²) in [5.74, 6) is 2.06. The van der Waals surface area contributed by atoms with Crippen molar-refractivity contribution in [2.45, 2.75) is 12.8 Å². The molecule has 22 heavy (non-hydrogen) atoms. The zero-order chi connectivity index (χ0) is 16.2. The maximum atomic E-state index is 5.65.